The van der Waals surface area contributed by atoms with Crippen LogP contribution in [0.3, 0.4) is 0 Å². The second kappa shape index (κ2) is 5.11. The standard InChI is InChI=1S/C11H12N4O3S/c1-18-11-6-5-10(13-14-11)15-19(16,17)9-4-2-3-8(12)7-9/h2-7H,12H2,1H3,(H,13,15). The van der Waals surface area contributed by atoms with E-state index in [1.165, 1.54) is 31.4 Å². The van der Waals surface area contributed by atoms with Crippen LogP contribution in [0.5, 0.6) is 5.88 Å². The van der Waals surface area contributed by atoms with Crippen LogP contribution < -0.4 is 15.2 Å². The number of ether oxygens (including phenoxy) is 1. The third-order valence-corrected chi connectivity index (χ3v) is 3.61. The summed E-state index contributed by atoms with van der Waals surface area (Å²) in [5, 5.41) is 7.35. The van der Waals surface area contributed by atoms with Crippen LogP contribution in [0.15, 0.2) is 41.3 Å². The van der Waals surface area contributed by atoms with E-state index >= 15 is 0 Å². The number of nitrogen functional groups attached to an aromatic ring is 1. The number of benzene rings is 1. The molecule has 0 saturated carbocycles. The number of nitrogens with one attached hydrogen (secondary N) is 1. The van der Waals surface area contributed by atoms with Crippen molar-refractivity contribution in [2.24, 2.45) is 0 Å². The number of methoxy groups -OCH3 is 1. The van der Waals surface area contributed by atoms with Crippen molar-refractivity contribution in [2.45, 2.75) is 4.90 Å². The average molecular weight is 280 g/mol. The molecule has 0 aliphatic heterocycles. The lowest BCUT2D eigenvalue weighted by molar-refractivity contribution is 0.392. The predicted octanol–water partition coefficient (Wildman–Crippen LogP) is 0.868. The molecule has 0 aliphatic rings. The zero-order valence-electron chi connectivity index (χ0n) is 10.1. The highest BCUT2D eigenvalue weighted by Gasteiger charge is 2.15. The predicted molar refractivity (Wildman–Crippen MR) is 70.2 cm³/mol. The molecule has 2 aromatic rings. The lowest BCUT2D eigenvalue weighted by Crippen LogP contribution is -2.14. The molecule has 19 heavy (non-hydrogen) atoms. The molecule has 0 bridgehead atoms. The number of rotatable bonds is 4. The fourth-order valence-electron chi connectivity index (χ4n) is 1.36. The molecule has 0 amide bonds. The van der Waals surface area contributed by atoms with Gasteiger partial charge < -0.3 is 10.5 Å². The molecular formula is C11H12N4O3S. The minimum Gasteiger partial charge on any atom is -0.480 e. The van der Waals surface area contributed by atoms with E-state index < -0.39 is 10.0 Å². The molecule has 7 nitrogen and oxygen atoms in total. The van der Waals surface area contributed by atoms with Crippen LogP contribution in [0.4, 0.5) is 11.5 Å². The molecule has 0 atom stereocenters. The Kier molecular flexibility index (Phi) is 3.52. The first-order chi connectivity index (χ1) is 9.01. The van der Waals surface area contributed by atoms with Crippen molar-refractivity contribution in [2.75, 3.05) is 17.6 Å². The van der Waals surface area contributed by atoms with E-state index in [0.717, 1.165) is 0 Å². The summed E-state index contributed by atoms with van der Waals surface area (Å²) >= 11 is 0. The van der Waals surface area contributed by atoms with Gasteiger partial charge in [0, 0.05) is 11.8 Å². The SMILES string of the molecule is COc1ccc(NS(=O)(=O)c2cccc(N)c2)nn1. The van der Waals surface area contributed by atoms with Crippen molar-refractivity contribution < 1.29 is 13.2 Å². The number of nitrogens with zero attached hydrogens (tertiary/aromatic N) is 2. The molecule has 3 N–H and O–H groups in total. The monoisotopic (exact) mass is 280 g/mol. The third-order valence-electron chi connectivity index (χ3n) is 2.26. The first kappa shape index (κ1) is 13.1. The molecule has 8 heteroatoms. The molecule has 0 radical (unpaired) electrons. The summed E-state index contributed by atoms with van der Waals surface area (Å²) in [6.45, 7) is 0. The zero-order chi connectivity index (χ0) is 13.9. The van der Waals surface area contributed by atoms with Gasteiger partial charge >= 0.3 is 0 Å². The van der Waals surface area contributed by atoms with Crippen LogP contribution in [-0.2, 0) is 10.0 Å². The van der Waals surface area contributed by atoms with E-state index in [2.05, 4.69) is 14.9 Å². The summed E-state index contributed by atoms with van der Waals surface area (Å²) in [5.41, 5.74) is 5.91. The van der Waals surface area contributed by atoms with Crippen molar-refractivity contribution >= 4 is 21.5 Å². The number of hydrogen-bond donors (Lipinski definition) is 2. The number of anilines is 2. The summed E-state index contributed by atoms with van der Waals surface area (Å²) in [4.78, 5) is 0.0603. The minimum absolute atomic E-state index is 0.0603. The van der Waals surface area contributed by atoms with E-state index in [1.807, 2.05) is 0 Å². The number of sulfonamides is 1. The second-order valence-corrected chi connectivity index (χ2v) is 5.32. The molecular weight excluding hydrogens is 268 g/mol. The molecule has 1 aromatic heterocycles. The van der Waals surface area contributed by atoms with Crippen LogP contribution in [0.2, 0.25) is 0 Å². The van der Waals surface area contributed by atoms with Gasteiger partial charge in [-0.3, -0.25) is 4.72 Å². The van der Waals surface area contributed by atoms with Crippen LogP contribution in [0, 0.1) is 0 Å². The molecule has 0 spiro atoms. The van der Waals surface area contributed by atoms with Gasteiger partial charge in [-0.1, -0.05) is 6.07 Å². The maximum Gasteiger partial charge on any atom is 0.263 e. The van der Waals surface area contributed by atoms with Gasteiger partial charge in [0.2, 0.25) is 5.88 Å². The van der Waals surface area contributed by atoms with Gasteiger partial charge in [0.25, 0.3) is 10.0 Å². The molecule has 0 saturated heterocycles. The van der Waals surface area contributed by atoms with E-state index in [4.69, 9.17) is 10.5 Å². The van der Waals surface area contributed by atoms with Gasteiger partial charge in [-0.15, -0.1) is 10.2 Å². The molecule has 0 unspecified atom stereocenters. The molecule has 1 heterocycles. The smallest absolute Gasteiger partial charge is 0.263 e. The van der Waals surface area contributed by atoms with Gasteiger partial charge in [-0.25, -0.2) is 8.42 Å². The largest absolute Gasteiger partial charge is 0.480 e. The molecule has 2 rings (SSSR count). The van der Waals surface area contributed by atoms with E-state index in [0.29, 0.717) is 11.6 Å². The van der Waals surface area contributed by atoms with Crippen molar-refractivity contribution in [3.05, 3.63) is 36.4 Å². The highest BCUT2D eigenvalue weighted by atomic mass is 32.2. The Morgan fingerprint density at radius 1 is 1.21 bits per heavy atom. The summed E-state index contributed by atoms with van der Waals surface area (Å²) in [7, 11) is -2.28. The van der Waals surface area contributed by atoms with Gasteiger partial charge in [0.05, 0.1) is 12.0 Å². The van der Waals surface area contributed by atoms with Gasteiger partial charge in [-0.05, 0) is 24.3 Å². The first-order valence-electron chi connectivity index (χ1n) is 5.27. The fourth-order valence-corrected chi connectivity index (χ4v) is 2.41. The van der Waals surface area contributed by atoms with Crippen molar-refractivity contribution in [3.8, 4) is 5.88 Å². The molecule has 100 valence electrons. The van der Waals surface area contributed by atoms with E-state index in [9.17, 15) is 8.42 Å². The van der Waals surface area contributed by atoms with Crippen molar-refractivity contribution in [3.63, 3.8) is 0 Å². The van der Waals surface area contributed by atoms with Crippen LogP contribution in [-0.4, -0.2) is 25.7 Å². The Balaban J connectivity index is 2.25. The summed E-state index contributed by atoms with van der Waals surface area (Å²) < 4.78 is 31.2. The third kappa shape index (κ3) is 3.10. The number of hydrogen-bond acceptors (Lipinski definition) is 6. The minimum atomic E-state index is -3.73. The Hall–Kier alpha value is -2.35. The topological polar surface area (TPSA) is 107 Å². The Labute approximate surface area is 110 Å². The summed E-state index contributed by atoms with van der Waals surface area (Å²) in [6, 6.07) is 8.92. The Morgan fingerprint density at radius 2 is 2.00 bits per heavy atom. The molecule has 0 aliphatic carbocycles. The second-order valence-electron chi connectivity index (χ2n) is 3.64. The maximum absolute atomic E-state index is 12.0. The highest BCUT2D eigenvalue weighted by Crippen LogP contribution is 2.17. The van der Waals surface area contributed by atoms with Crippen LogP contribution in [0.1, 0.15) is 0 Å². The Morgan fingerprint density at radius 3 is 2.58 bits per heavy atom. The van der Waals surface area contributed by atoms with E-state index in [1.54, 1.807) is 12.1 Å². The quantitative estimate of drug-likeness (QED) is 0.805. The normalized spacial score (nSPS) is 11.0. The first-order valence-corrected chi connectivity index (χ1v) is 6.76. The van der Waals surface area contributed by atoms with Gasteiger partial charge in [0.1, 0.15) is 0 Å². The van der Waals surface area contributed by atoms with Crippen molar-refractivity contribution in [1.82, 2.24) is 10.2 Å². The fraction of sp³-hybridized carbons (Fsp3) is 0.0909. The highest BCUT2D eigenvalue weighted by molar-refractivity contribution is 7.92. The van der Waals surface area contributed by atoms with Crippen LogP contribution >= 0.6 is 0 Å². The van der Waals surface area contributed by atoms with Gasteiger partial charge in [0.15, 0.2) is 5.82 Å². The summed E-state index contributed by atoms with van der Waals surface area (Å²) in [6.07, 6.45) is 0. The molecule has 0 fully saturated rings. The molecule has 1 aromatic carbocycles. The van der Waals surface area contributed by atoms with Gasteiger partial charge in [-0.2, -0.15) is 0 Å². The average Bonchev–Trinajstić information content (AvgIpc) is 2.39. The lowest BCUT2D eigenvalue weighted by Gasteiger charge is -2.07. The lowest BCUT2D eigenvalue weighted by atomic mass is 10.3. The van der Waals surface area contributed by atoms with Crippen LogP contribution in [0.25, 0.3) is 0 Å². The maximum atomic E-state index is 12.0. The van der Waals surface area contributed by atoms with E-state index in [-0.39, 0.29) is 10.7 Å². The number of nitrogens with two attached hydrogens (primary N) is 1. The Bertz CT molecular complexity index is 671. The van der Waals surface area contributed by atoms with Crippen molar-refractivity contribution in [1.29, 1.82) is 0 Å². The zero-order valence-corrected chi connectivity index (χ0v) is 10.9. The summed E-state index contributed by atoms with van der Waals surface area (Å²) in [5.74, 6) is 0.398. The number of aromatic nitrogens is 2.